The summed E-state index contributed by atoms with van der Waals surface area (Å²) in [4.78, 5) is 13.1. The predicted molar refractivity (Wildman–Crippen MR) is 54.8 cm³/mol. The van der Waals surface area contributed by atoms with Crippen LogP contribution in [0.25, 0.3) is 10.4 Å². The molecule has 0 aromatic rings. The van der Waals surface area contributed by atoms with Gasteiger partial charge in [-0.15, -0.1) is 0 Å². The first kappa shape index (κ1) is 12.7. The first-order valence-electron chi connectivity index (χ1n) is 4.73. The molecule has 1 amide bonds. The molecule has 0 heterocycles. The lowest BCUT2D eigenvalue weighted by molar-refractivity contribution is -0.118. The first-order valence-corrected chi connectivity index (χ1v) is 4.73. The molecule has 2 N–H and O–H groups in total. The molecule has 0 atom stereocenters. The van der Waals surface area contributed by atoms with Gasteiger partial charge < -0.3 is 10.6 Å². The highest BCUT2D eigenvalue weighted by Crippen LogP contribution is 1.80. The molecule has 0 unspecified atom stereocenters. The van der Waals surface area contributed by atoms with E-state index in [9.17, 15) is 4.79 Å². The zero-order valence-electron chi connectivity index (χ0n) is 8.49. The molecule has 6 heteroatoms. The maximum atomic E-state index is 10.5. The van der Waals surface area contributed by atoms with Crippen LogP contribution in [0.15, 0.2) is 5.11 Å². The molecule has 0 fully saturated rings. The van der Waals surface area contributed by atoms with Crippen LogP contribution in [0.5, 0.6) is 0 Å². The molecule has 0 aromatic heterocycles. The van der Waals surface area contributed by atoms with Crippen molar-refractivity contribution in [2.45, 2.75) is 19.8 Å². The van der Waals surface area contributed by atoms with Gasteiger partial charge in [0.1, 0.15) is 0 Å². The number of carbonyl (C=O) groups excluding carboxylic acids is 1. The van der Waals surface area contributed by atoms with Gasteiger partial charge in [0, 0.05) is 24.9 Å². The van der Waals surface area contributed by atoms with Crippen LogP contribution >= 0.6 is 0 Å². The molecule has 0 aromatic carbocycles. The Hall–Kier alpha value is -1.26. The summed E-state index contributed by atoms with van der Waals surface area (Å²) in [6.45, 7) is 4.47. The van der Waals surface area contributed by atoms with E-state index in [2.05, 4.69) is 20.7 Å². The Labute approximate surface area is 83.7 Å². The summed E-state index contributed by atoms with van der Waals surface area (Å²) in [5.74, 6) is 0.00774. The predicted octanol–water partition coefficient (Wildman–Crippen LogP) is 0.803. The minimum Gasteiger partial charge on any atom is -0.356 e. The molecule has 14 heavy (non-hydrogen) atoms. The molecule has 0 rings (SSSR count). The van der Waals surface area contributed by atoms with Crippen LogP contribution in [0.3, 0.4) is 0 Å². The number of hydrogen-bond acceptors (Lipinski definition) is 3. The van der Waals surface area contributed by atoms with Gasteiger partial charge in [0.15, 0.2) is 0 Å². The van der Waals surface area contributed by atoms with Crippen molar-refractivity contribution >= 4 is 5.91 Å². The zero-order valence-corrected chi connectivity index (χ0v) is 8.49. The van der Waals surface area contributed by atoms with Crippen molar-refractivity contribution in [1.82, 2.24) is 10.6 Å². The van der Waals surface area contributed by atoms with Gasteiger partial charge in [-0.25, -0.2) is 0 Å². The quantitative estimate of drug-likeness (QED) is 0.262. The average Bonchev–Trinajstić information content (AvgIpc) is 2.15. The Morgan fingerprint density at radius 3 is 2.71 bits per heavy atom. The second-order valence-electron chi connectivity index (χ2n) is 2.89. The van der Waals surface area contributed by atoms with Crippen LogP contribution in [-0.4, -0.2) is 32.1 Å². The second-order valence-corrected chi connectivity index (χ2v) is 2.89. The van der Waals surface area contributed by atoms with Gasteiger partial charge in [0.2, 0.25) is 5.91 Å². The molecule has 0 bridgehead atoms. The molecule has 0 saturated heterocycles. The molecule has 0 radical (unpaired) electrons. The third-order valence-corrected chi connectivity index (χ3v) is 1.58. The van der Waals surface area contributed by atoms with E-state index in [1.165, 1.54) is 6.92 Å². The Morgan fingerprint density at radius 1 is 1.36 bits per heavy atom. The maximum Gasteiger partial charge on any atom is 0.216 e. The largest absolute Gasteiger partial charge is 0.356 e. The fourth-order valence-corrected chi connectivity index (χ4v) is 0.922. The fourth-order valence-electron chi connectivity index (χ4n) is 0.922. The summed E-state index contributed by atoms with van der Waals surface area (Å²) in [6, 6.07) is 0. The number of carbonyl (C=O) groups is 1. The third-order valence-electron chi connectivity index (χ3n) is 1.58. The van der Waals surface area contributed by atoms with Crippen molar-refractivity contribution in [3.63, 3.8) is 0 Å². The topological polar surface area (TPSA) is 89.9 Å². The van der Waals surface area contributed by atoms with Crippen molar-refractivity contribution in [3.05, 3.63) is 10.4 Å². The first-order chi connectivity index (χ1) is 6.77. The van der Waals surface area contributed by atoms with E-state index in [1.807, 2.05) is 0 Å². The van der Waals surface area contributed by atoms with Gasteiger partial charge in [-0.05, 0) is 31.5 Å². The van der Waals surface area contributed by atoms with Crippen molar-refractivity contribution in [2.75, 3.05) is 26.2 Å². The van der Waals surface area contributed by atoms with E-state index in [0.29, 0.717) is 13.1 Å². The van der Waals surface area contributed by atoms with E-state index in [4.69, 9.17) is 5.53 Å². The molecule has 0 spiro atoms. The molecule has 0 aliphatic heterocycles. The SMILES string of the molecule is CC(=O)NCCCNCCCN=[N+]=[N-]. The molecular formula is C8H17N5O. The minimum atomic E-state index is 0.00774. The van der Waals surface area contributed by atoms with Crippen LogP contribution in [0.1, 0.15) is 19.8 Å². The normalized spacial score (nSPS) is 9.21. The Balaban J connectivity index is 2.99. The van der Waals surface area contributed by atoms with Crippen molar-refractivity contribution in [2.24, 2.45) is 5.11 Å². The van der Waals surface area contributed by atoms with E-state index in [1.54, 1.807) is 0 Å². The van der Waals surface area contributed by atoms with Gasteiger partial charge in [-0.1, -0.05) is 5.11 Å². The van der Waals surface area contributed by atoms with E-state index in [0.717, 1.165) is 25.9 Å². The van der Waals surface area contributed by atoms with Crippen LogP contribution in [0.4, 0.5) is 0 Å². The smallest absolute Gasteiger partial charge is 0.216 e. The highest BCUT2D eigenvalue weighted by atomic mass is 16.1. The Kier molecular flexibility index (Phi) is 8.94. The highest BCUT2D eigenvalue weighted by Gasteiger charge is 1.90. The fraction of sp³-hybridized carbons (Fsp3) is 0.875. The monoisotopic (exact) mass is 199 g/mol. The number of azide groups is 1. The van der Waals surface area contributed by atoms with Crippen LogP contribution < -0.4 is 10.6 Å². The lowest BCUT2D eigenvalue weighted by atomic mass is 10.4. The van der Waals surface area contributed by atoms with Gasteiger partial charge in [0.25, 0.3) is 0 Å². The second kappa shape index (κ2) is 9.83. The number of amides is 1. The number of nitrogens with one attached hydrogen (secondary N) is 2. The average molecular weight is 199 g/mol. The van der Waals surface area contributed by atoms with Crippen LogP contribution in [0, 0.1) is 0 Å². The lowest BCUT2D eigenvalue weighted by Gasteiger charge is -2.03. The summed E-state index contributed by atoms with van der Waals surface area (Å²) < 4.78 is 0. The number of nitrogens with zero attached hydrogens (tertiary/aromatic N) is 3. The van der Waals surface area contributed by atoms with Crippen LogP contribution in [0.2, 0.25) is 0 Å². The summed E-state index contributed by atoms with van der Waals surface area (Å²) in [7, 11) is 0. The lowest BCUT2D eigenvalue weighted by Crippen LogP contribution is -2.25. The summed E-state index contributed by atoms with van der Waals surface area (Å²) in [5, 5.41) is 9.31. The van der Waals surface area contributed by atoms with Crippen LogP contribution in [-0.2, 0) is 4.79 Å². The van der Waals surface area contributed by atoms with Gasteiger partial charge in [0.05, 0.1) is 0 Å². The summed E-state index contributed by atoms with van der Waals surface area (Å²) in [5.41, 5.74) is 7.99. The standard InChI is InChI=1S/C8H17N5O/c1-8(14)11-6-2-4-10-5-3-7-12-13-9/h10H,2-7H2,1H3,(H,11,14). The van der Waals surface area contributed by atoms with Crippen molar-refractivity contribution in [1.29, 1.82) is 0 Å². The van der Waals surface area contributed by atoms with Crippen molar-refractivity contribution < 1.29 is 4.79 Å². The van der Waals surface area contributed by atoms with Crippen molar-refractivity contribution in [3.8, 4) is 0 Å². The van der Waals surface area contributed by atoms with E-state index >= 15 is 0 Å². The van der Waals surface area contributed by atoms with E-state index in [-0.39, 0.29) is 5.91 Å². The molecule has 0 aliphatic carbocycles. The Bertz CT molecular complexity index is 192. The minimum absolute atomic E-state index is 0.00774. The molecule has 0 aliphatic rings. The van der Waals surface area contributed by atoms with Gasteiger partial charge >= 0.3 is 0 Å². The van der Waals surface area contributed by atoms with Gasteiger partial charge in [-0.2, -0.15) is 0 Å². The highest BCUT2D eigenvalue weighted by molar-refractivity contribution is 5.72. The molecular weight excluding hydrogens is 182 g/mol. The third kappa shape index (κ3) is 10.7. The Morgan fingerprint density at radius 2 is 2.07 bits per heavy atom. The maximum absolute atomic E-state index is 10.5. The number of hydrogen-bond donors (Lipinski definition) is 2. The van der Waals surface area contributed by atoms with E-state index < -0.39 is 0 Å². The summed E-state index contributed by atoms with van der Waals surface area (Å²) in [6.07, 6.45) is 1.77. The summed E-state index contributed by atoms with van der Waals surface area (Å²) >= 11 is 0. The molecule has 80 valence electrons. The molecule has 6 nitrogen and oxygen atoms in total. The number of rotatable bonds is 8. The zero-order chi connectivity index (χ0) is 10.6. The molecule has 0 saturated carbocycles. The van der Waals surface area contributed by atoms with Gasteiger partial charge in [-0.3, -0.25) is 4.79 Å².